The summed E-state index contributed by atoms with van der Waals surface area (Å²) in [4.78, 5) is 18.9. The normalized spacial score (nSPS) is 13.5. The van der Waals surface area contributed by atoms with E-state index in [9.17, 15) is 9.18 Å². The maximum absolute atomic E-state index is 12.8. The number of ether oxygens (including phenoxy) is 1. The Morgan fingerprint density at radius 2 is 2.00 bits per heavy atom. The first kappa shape index (κ1) is 26.8. The smallest absolute Gasteiger partial charge is 0.157 e. The van der Waals surface area contributed by atoms with Gasteiger partial charge in [-0.05, 0) is 55.3 Å². The average molecular weight is 508 g/mol. The van der Waals surface area contributed by atoms with Crippen LogP contribution >= 0.6 is 0 Å². The average Bonchev–Trinajstić information content (AvgIpc) is 3.42. The zero-order valence-corrected chi connectivity index (χ0v) is 22.5. The maximum Gasteiger partial charge on any atom is 0.157 e. The number of hydrogen-bond acceptors (Lipinski definition) is 5. The Kier molecular flexibility index (Phi) is 8.29. The van der Waals surface area contributed by atoms with Gasteiger partial charge in [0.2, 0.25) is 0 Å². The zero-order valence-electron chi connectivity index (χ0n) is 22.5. The van der Waals surface area contributed by atoms with E-state index < -0.39 is 12.7 Å². The standard InChI is InChI=1S/C29H38FN5O2/c1-6-19(2)16-35-26-14-24(37-5)8-7-21(26)13-28(35)29-32-25-11-22(18-36)20(12-27(25)34(29)4)9-10-33(3)17-23(31)15-30/h7-8,11-14,18-19,23H,6,9-10,15-17,31H2,1-5H3. The molecule has 2 atom stereocenters. The van der Waals surface area contributed by atoms with Gasteiger partial charge in [0.1, 0.15) is 18.7 Å². The lowest BCUT2D eigenvalue weighted by molar-refractivity contribution is 0.112. The summed E-state index contributed by atoms with van der Waals surface area (Å²) in [5.74, 6) is 2.17. The number of carbonyl (C=O) groups excluding carboxylic acids is 1. The highest BCUT2D eigenvalue weighted by Gasteiger charge is 2.20. The molecule has 0 amide bonds. The van der Waals surface area contributed by atoms with Crippen molar-refractivity contribution in [2.75, 3.05) is 33.9 Å². The van der Waals surface area contributed by atoms with E-state index in [4.69, 9.17) is 15.5 Å². The van der Waals surface area contributed by atoms with Gasteiger partial charge in [0, 0.05) is 49.7 Å². The molecule has 0 bridgehead atoms. The number of imidazole rings is 1. The van der Waals surface area contributed by atoms with Gasteiger partial charge in [-0.3, -0.25) is 4.79 Å². The van der Waals surface area contributed by atoms with Gasteiger partial charge >= 0.3 is 0 Å². The summed E-state index contributed by atoms with van der Waals surface area (Å²) in [6.07, 6.45) is 2.62. The first-order valence-corrected chi connectivity index (χ1v) is 12.9. The van der Waals surface area contributed by atoms with E-state index in [-0.39, 0.29) is 0 Å². The van der Waals surface area contributed by atoms with E-state index >= 15 is 0 Å². The highest BCUT2D eigenvalue weighted by molar-refractivity contribution is 5.91. The number of aromatic nitrogens is 3. The number of alkyl halides is 1. The predicted molar refractivity (Wildman–Crippen MR) is 148 cm³/mol. The maximum atomic E-state index is 12.8. The molecule has 2 aromatic carbocycles. The van der Waals surface area contributed by atoms with Gasteiger partial charge in [-0.1, -0.05) is 20.3 Å². The van der Waals surface area contributed by atoms with E-state index in [2.05, 4.69) is 47.2 Å². The molecule has 8 heteroatoms. The lowest BCUT2D eigenvalue weighted by Crippen LogP contribution is -2.37. The van der Waals surface area contributed by atoms with Crippen LogP contribution in [0.4, 0.5) is 4.39 Å². The molecule has 0 fully saturated rings. The van der Waals surface area contributed by atoms with Crippen LogP contribution in [-0.2, 0) is 20.0 Å². The van der Waals surface area contributed by atoms with Gasteiger partial charge in [0.25, 0.3) is 0 Å². The van der Waals surface area contributed by atoms with Crippen LogP contribution in [-0.4, -0.2) is 65.3 Å². The van der Waals surface area contributed by atoms with Gasteiger partial charge in [-0.2, -0.15) is 0 Å². The predicted octanol–water partition coefficient (Wildman–Crippen LogP) is 4.83. The molecule has 2 N–H and O–H groups in total. The number of halogens is 1. The van der Waals surface area contributed by atoms with Crippen molar-refractivity contribution in [2.45, 2.75) is 39.3 Å². The van der Waals surface area contributed by atoms with E-state index in [1.54, 1.807) is 7.11 Å². The number of fused-ring (bicyclic) bond motifs is 2. The van der Waals surface area contributed by atoms with Crippen molar-refractivity contribution < 1.29 is 13.9 Å². The van der Waals surface area contributed by atoms with Gasteiger partial charge in [0.05, 0.1) is 29.4 Å². The zero-order chi connectivity index (χ0) is 26.7. The lowest BCUT2D eigenvalue weighted by Gasteiger charge is -2.19. The van der Waals surface area contributed by atoms with Crippen molar-refractivity contribution in [3.8, 4) is 17.3 Å². The Labute approximate surface area is 218 Å². The van der Waals surface area contributed by atoms with Gasteiger partial charge in [-0.25, -0.2) is 9.37 Å². The molecule has 7 nitrogen and oxygen atoms in total. The summed E-state index contributed by atoms with van der Waals surface area (Å²) >= 11 is 0. The summed E-state index contributed by atoms with van der Waals surface area (Å²) in [5, 5.41) is 1.13. The second-order valence-corrected chi connectivity index (χ2v) is 10.2. The molecular formula is C29H38FN5O2. The Balaban J connectivity index is 1.77. The van der Waals surface area contributed by atoms with Gasteiger partial charge in [-0.15, -0.1) is 0 Å². The van der Waals surface area contributed by atoms with Crippen molar-refractivity contribution in [3.63, 3.8) is 0 Å². The number of nitrogens with two attached hydrogens (primary N) is 1. The van der Waals surface area contributed by atoms with Gasteiger partial charge in [0.15, 0.2) is 5.82 Å². The largest absolute Gasteiger partial charge is 0.497 e. The molecule has 0 aliphatic rings. The summed E-state index contributed by atoms with van der Waals surface area (Å²) in [7, 11) is 5.63. The molecule has 0 spiro atoms. The minimum atomic E-state index is -0.547. The Morgan fingerprint density at radius 3 is 2.68 bits per heavy atom. The number of nitrogens with zero attached hydrogens (tertiary/aromatic N) is 4. The minimum Gasteiger partial charge on any atom is -0.497 e. The van der Waals surface area contributed by atoms with Crippen LogP contribution in [0.3, 0.4) is 0 Å². The number of methoxy groups -OCH3 is 1. The molecule has 198 valence electrons. The molecule has 0 saturated carbocycles. The number of rotatable bonds is 12. The third-order valence-electron chi connectivity index (χ3n) is 7.31. The highest BCUT2D eigenvalue weighted by atomic mass is 19.1. The summed E-state index contributed by atoms with van der Waals surface area (Å²) < 4.78 is 22.7. The first-order valence-electron chi connectivity index (χ1n) is 12.9. The second kappa shape index (κ2) is 11.4. The van der Waals surface area contributed by atoms with Crippen molar-refractivity contribution >= 4 is 28.2 Å². The fourth-order valence-corrected chi connectivity index (χ4v) is 4.89. The first-order chi connectivity index (χ1) is 17.8. The molecule has 4 aromatic rings. The Morgan fingerprint density at radius 1 is 1.22 bits per heavy atom. The fraction of sp³-hybridized carbons (Fsp3) is 0.448. The highest BCUT2D eigenvalue weighted by Crippen LogP contribution is 2.33. The SMILES string of the molecule is CCC(C)Cn1c(-c2nc3cc(C=O)c(CCN(C)CC(N)CF)cc3n2C)cc2ccc(OC)cc21. The van der Waals surface area contributed by atoms with Crippen LogP contribution < -0.4 is 10.5 Å². The molecule has 0 aliphatic carbocycles. The molecule has 2 aromatic heterocycles. The number of likely N-dealkylation sites (N-methyl/N-ethyl adjacent to an activating group) is 1. The van der Waals surface area contributed by atoms with Crippen LogP contribution in [0, 0.1) is 5.92 Å². The van der Waals surface area contributed by atoms with Crippen molar-refractivity contribution in [2.24, 2.45) is 18.7 Å². The summed E-state index contributed by atoms with van der Waals surface area (Å²) in [6.45, 7) is 5.92. The van der Waals surface area contributed by atoms with Crippen LogP contribution in [0.1, 0.15) is 36.2 Å². The van der Waals surface area contributed by atoms with Gasteiger partial charge < -0.3 is 24.5 Å². The number of hydrogen-bond donors (Lipinski definition) is 1. The summed E-state index contributed by atoms with van der Waals surface area (Å²) in [5.41, 5.74) is 11.2. The van der Waals surface area contributed by atoms with Crippen molar-refractivity contribution in [3.05, 3.63) is 47.5 Å². The van der Waals surface area contributed by atoms with E-state index in [0.29, 0.717) is 31.0 Å². The summed E-state index contributed by atoms with van der Waals surface area (Å²) in [6, 6.07) is 11.8. The third-order valence-corrected chi connectivity index (χ3v) is 7.31. The Hall–Kier alpha value is -3.23. The van der Waals surface area contributed by atoms with Crippen LogP contribution in [0.25, 0.3) is 33.5 Å². The molecule has 0 saturated heterocycles. The van der Waals surface area contributed by atoms with E-state index in [1.807, 2.05) is 31.1 Å². The minimum absolute atomic E-state index is 0.469. The monoisotopic (exact) mass is 507 g/mol. The molecule has 4 rings (SSSR count). The van der Waals surface area contributed by atoms with Crippen molar-refractivity contribution in [1.29, 1.82) is 0 Å². The second-order valence-electron chi connectivity index (χ2n) is 10.2. The number of aryl methyl sites for hydroxylation is 1. The molecule has 2 unspecified atom stereocenters. The number of aldehydes is 1. The lowest BCUT2D eigenvalue weighted by atomic mass is 10.0. The molecule has 0 aliphatic heterocycles. The van der Waals surface area contributed by atoms with E-state index in [0.717, 1.165) is 64.0 Å². The Bertz CT molecular complexity index is 1390. The molecular weight excluding hydrogens is 469 g/mol. The number of carbonyl (C=O) groups is 1. The quantitative estimate of drug-likeness (QED) is 0.278. The number of benzene rings is 2. The van der Waals surface area contributed by atoms with Crippen LogP contribution in [0.2, 0.25) is 0 Å². The van der Waals surface area contributed by atoms with E-state index in [1.165, 1.54) is 0 Å². The van der Waals surface area contributed by atoms with Crippen LogP contribution in [0.15, 0.2) is 36.4 Å². The molecule has 0 radical (unpaired) electrons. The molecule has 37 heavy (non-hydrogen) atoms. The van der Waals surface area contributed by atoms with Crippen molar-refractivity contribution in [1.82, 2.24) is 19.0 Å². The fourth-order valence-electron chi connectivity index (χ4n) is 4.89. The van der Waals surface area contributed by atoms with Crippen LogP contribution in [0.5, 0.6) is 5.75 Å². The third kappa shape index (κ3) is 5.55. The topological polar surface area (TPSA) is 78.3 Å². The molecule has 2 heterocycles.